The Balaban J connectivity index is 1.89. The van der Waals surface area contributed by atoms with Crippen LogP contribution in [-0.4, -0.2) is 4.98 Å². The smallest absolute Gasteiger partial charge is 0.0407 e. The maximum Gasteiger partial charge on any atom is 0.0407 e. The van der Waals surface area contributed by atoms with Gasteiger partial charge >= 0.3 is 0 Å². The molecule has 0 aliphatic rings. The van der Waals surface area contributed by atoms with E-state index in [-0.39, 0.29) is 0 Å². The molecular formula is C18H18N2. The monoisotopic (exact) mass is 262 g/mol. The molecule has 0 fully saturated rings. The van der Waals surface area contributed by atoms with Crippen LogP contribution < -0.4 is 5.32 Å². The summed E-state index contributed by atoms with van der Waals surface area (Å²) in [5.74, 6) is 0. The van der Waals surface area contributed by atoms with Crippen molar-refractivity contribution in [1.82, 2.24) is 4.98 Å². The van der Waals surface area contributed by atoms with Crippen molar-refractivity contribution in [2.45, 2.75) is 20.4 Å². The van der Waals surface area contributed by atoms with Crippen molar-refractivity contribution in [2.75, 3.05) is 5.32 Å². The van der Waals surface area contributed by atoms with Crippen molar-refractivity contribution in [3.63, 3.8) is 0 Å². The highest BCUT2D eigenvalue weighted by Gasteiger charge is 2.02. The van der Waals surface area contributed by atoms with Gasteiger partial charge in [0.15, 0.2) is 0 Å². The Hall–Kier alpha value is -2.35. The predicted molar refractivity (Wildman–Crippen MR) is 85.0 cm³/mol. The third kappa shape index (κ3) is 2.50. The van der Waals surface area contributed by atoms with Gasteiger partial charge in [-0.3, -0.25) is 4.98 Å². The van der Waals surface area contributed by atoms with E-state index in [1.165, 1.54) is 33.2 Å². The minimum atomic E-state index is 0.825. The summed E-state index contributed by atoms with van der Waals surface area (Å²) in [6, 6.07) is 14.9. The summed E-state index contributed by atoms with van der Waals surface area (Å²) in [4.78, 5) is 4.18. The highest BCUT2D eigenvalue weighted by Crippen LogP contribution is 2.21. The summed E-state index contributed by atoms with van der Waals surface area (Å²) in [5, 5.41) is 5.99. The summed E-state index contributed by atoms with van der Waals surface area (Å²) < 4.78 is 0. The fourth-order valence-electron chi connectivity index (χ4n) is 2.46. The van der Waals surface area contributed by atoms with Gasteiger partial charge in [0.05, 0.1) is 0 Å². The molecule has 0 saturated heterocycles. The standard InChI is InChI=1S/C18H18N2/c1-13-6-7-14(2)18(10-13)20-12-16-5-3-4-15-11-19-9-8-17(15)16/h3-11,20H,12H2,1-2H3. The number of rotatable bonds is 3. The first-order chi connectivity index (χ1) is 9.74. The van der Waals surface area contributed by atoms with E-state index in [9.17, 15) is 0 Å². The molecule has 0 amide bonds. The van der Waals surface area contributed by atoms with E-state index in [0.29, 0.717) is 0 Å². The number of aromatic nitrogens is 1. The molecule has 3 rings (SSSR count). The molecule has 0 aliphatic carbocycles. The molecule has 0 bridgehead atoms. The number of hydrogen-bond acceptors (Lipinski definition) is 2. The van der Waals surface area contributed by atoms with Crippen molar-refractivity contribution in [3.05, 3.63) is 71.5 Å². The molecule has 1 heterocycles. The first kappa shape index (κ1) is 12.7. The number of fused-ring (bicyclic) bond motifs is 1. The van der Waals surface area contributed by atoms with Gasteiger partial charge in [-0.1, -0.05) is 30.3 Å². The van der Waals surface area contributed by atoms with Crippen molar-refractivity contribution in [3.8, 4) is 0 Å². The van der Waals surface area contributed by atoms with E-state index in [2.05, 4.69) is 66.6 Å². The minimum absolute atomic E-state index is 0.825. The Morgan fingerprint density at radius 3 is 2.85 bits per heavy atom. The third-order valence-electron chi connectivity index (χ3n) is 3.63. The lowest BCUT2D eigenvalue weighted by atomic mass is 10.1. The molecule has 0 saturated carbocycles. The number of pyridine rings is 1. The molecule has 1 aromatic heterocycles. The van der Waals surface area contributed by atoms with Gasteiger partial charge < -0.3 is 5.32 Å². The largest absolute Gasteiger partial charge is 0.381 e. The molecule has 20 heavy (non-hydrogen) atoms. The SMILES string of the molecule is Cc1ccc(C)c(NCc2cccc3cnccc23)c1. The number of benzene rings is 2. The van der Waals surface area contributed by atoms with Crippen LogP contribution in [0, 0.1) is 13.8 Å². The number of hydrogen-bond donors (Lipinski definition) is 1. The lowest BCUT2D eigenvalue weighted by Crippen LogP contribution is -2.02. The molecule has 0 radical (unpaired) electrons. The van der Waals surface area contributed by atoms with Crippen LogP contribution in [-0.2, 0) is 6.54 Å². The molecule has 2 aromatic carbocycles. The Labute approximate surface area is 119 Å². The van der Waals surface area contributed by atoms with Crippen molar-refractivity contribution in [1.29, 1.82) is 0 Å². The molecule has 3 aromatic rings. The summed E-state index contributed by atoms with van der Waals surface area (Å²) >= 11 is 0. The number of aryl methyl sites for hydroxylation is 2. The highest BCUT2D eigenvalue weighted by molar-refractivity contribution is 5.85. The second-order valence-electron chi connectivity index (χ2n) is 5.19. The lowest BCUT2D eigenvalue weighted by molar-refractivity contribution is 1.15. The molecular weight excluding hydrogens is 244 g/mol. The van der Waals surface area contributed by atoms with Crippen LogP contribution >= 0.6 is 0 Å². The van der Waals surface area contributed by atoms with Crippen LogP contribution in [0.15, 0.2) is 54.9 Å². The Bertz CT molecular complexity index is 742. The lowest BCUT2D eigenvalue weighted by Gasteiger charge is -2.12. The van der Waals surface area contributed by atoms with Gasteiger partial charge in [-0.05, 0) is 48.1 Å². The van der Waals surface area contributed by atoms with Crippen LogP contribution in [0.5, 0.6) is 0 Å². The average Bonchev–Trinajstić information content (AvgIpc) is 2.48. The Morgan fingerprint density at radius 2 is 1.95 bits per heavy atom. The highest BCUT2D eigenvalue weighted by atomic mass is 14.9. The van der Waals surface area contributed by atoms with E-state index >= 15 is 0 Å². The van der Waals surface area contributed by atoms with E-state index in [0.717, 1.165) is 6.54 Å². The first-order valence-corrected chi connectivity index (χ1v) is 6.87. The second-order valence-corrected chi connectivity index (χ2v) is 5.19. The zero-order valence-corrected chi connectivity index (χ0v) is 11.9. The fourth-order valence-corrected chi connectivity index (χ4v) is 2.46. The average molecular weight is 262 g/mol. The summed E-state index contributed by atoms with van der Waals surface area (Å²) in [6.07, 6.45) is 3.76. The van der Waals surface area contributed by atoms with Crippen molar-refractivity contribution < 1.29 is 0 Å². The quantitative estimate of drug-likeness (QED) is 0.753. The molecule has 2 nitrogen and oxygen atoms in total. The van der Waals surface area contributed by atoms with Gasteiger partial charge in [0, 0.05) is 30.0 Å². The molecule has 1 N–H and O–H groups in total. The van der Waals surface area contributed by atoms with Crippen LogP contribution in [0.25, 0.3) is 10.8 Å². The molecule has 100 valence electrons. The summed E-state index contributed by atoms with van der Waals surface area (Å²) in [5.41, 5.74) is 5.06. The first-order valence-electron chi connectivity index (χ1n) is 6.87. The van der Waals surface area contributed by atoms with E-state index < -0.39 is 0 Å². The van der Waals surface area contributed by atoms with Gasteiger partial charge in [-0.25, -0.2) is 0 Å². The van der Waals surface area contributed by atoms with Crippen LogP contribution in [0.4, 0.5) is 5.69 Å². The number of anilines is 1. The van der Waals surface area contributed by atoms with Crippen molar-refractivity contribution in [2.24, 2.45) is 0 Å². The Kier molecular flexibility index (Phi) is 3.38. The molecule has 0 atom stereocenters. The second kappa shape index (κ2) is 5.33. The van der Waals surface area contributed by atoms with Crippen LogP contribution in [0.2, 0.25) is 0 Å². The molecule has 0 aliphatic heterocycles. The summed E-state index contributed by atoms with van der Waals surface area (Å²) in [7, 11) is 0. The topological polar surface area (TPSA) is 24.9 Å². The number of nitrogens with one attached hydrogen (secondary N) is 1. The maximum absolute atomic E-state index is 4.18. The van der Waals surface area contributed by atoms with Gasteiger partial charge in [0.1, 0.15) is 0 Å². The number of nitrogens with zero attached hydrogens (tertiary/aromatic N) is 1. The zero-order valence-electron chi connectivity index (χ0n) is 11.9. The van der Waals surface area contributed by atoms with Gasteiger partial charge in [-0.15, -0.1) is 0 Å². The normalized spacial score (nSPS) is 10.7. The third-order valence-corrected chi connectivity index (χ3v) is 3.63. The summed E-state index contributed by atoms with van der Waals surface area (Å²) in [6.45, 7) is 5.08. The maximum atomic E-state index is 4.18. The van der Waals surface area contributed by atoms with Gasteiger partial charge in [0.2, 0.25) is 0 Å². The van der Waals surface area contributed by atoms with E-state index in [1.807, 2.05) is 12.4 Å². The van der Waals surface area contributed by atoms with Crippen LogP contribution in [0.1, 0.15) is 16.7 Å². The minimum Gasteiger partial charge on any atom is -0.381 e. The molecule has 2 heteroatoms. The van der Waals surface area contributed by atoms with Gasteiger partial charge in [-0.2, -0.15) is 0 Å². The zero-order chi connectivity index (χ0) is 13.9. The van der Waals surface area contributed by atoms with Crippen LogP contribution in [0.3, 0.4) is 0 Å². The Morgan fingerprint density at radius 1 is 1.05 bits per heavy atom. The van der Waals surface area contributed by atoms with Gasteiger partial charge in [0.25, 0.3) is 0 Å². The fraction of sp³-hybridized carbons (Fsp3) is 0.167. The van der Waals surface area contributed by atoms with Crippen molar-refractivity contribution >= 4 is 16.5 Å². The van der Waals surface area contributed by atoms with E-state index in [4.69, 9.17) is 0 Å². The molecule has 0 spiro atoms. The molecule has 0 unspecified atom stereocenters. The predicted octanol–water partition coefficient (Wildman–Crippen LogP) is 4.46. The van der Waals surface area contributed by atoms with E-state index in [1.54, 1.807) is 0 Å².